The van der Waals surface area contributed by atoms with Crippen LogP contribution in [0.1, 0.15) is 46.5 Å². The smallest absolute Gasteiger partial charge is 0.259 e. The minimum atomic E-state index is -3.87. The number of hydrogen-bond acceptors (Lipinski definition) is 9. The molecule has 0 bridgehead atoms. The molecular formula is C32H41N5O8S. The van der Waals surface area contributed by atoms with Gasteiger partial charge in [-0.3, -0.25) is 23.9 Å². The fraction of sp³-hybridized carbons (Fsp3) is 0.531. The average molecular weight is 656 g/mol. The zero-order valence-corrected chi connectivity index (χ0v) is 27.3. The van der Waals surface area contributed by atoms with E-state index >= 15 is 0 Å². The summed E-state index contributed by atoms with van der Waals surface area (Å²) in [7, 11) is -2.50. The van der Waals surface area contributed by atoms with Crippen molar-refractivity contribution in [1.29, 1.82) is 0 Å². The minimum Gasteiger partial charge on any atom is -0.472 e. The molecule has 1 aromatic heterocycles. The number of rotatable bonds is 12. The van der Waals surface area contributed by atoms with E-state index in [-0.39, 0.29) is 26.0 Å². The first-order chi connectivity index (χ1) is 21.7. The molecule has 2 aromatic rings. The molecule has 2 aliphatic carbocycles. The summed E-state index contributed by atoms with van der Waals surface area (Å²) in [5.41, 5.74) is -2.28. The highest BCUT2D eigenvalue weighted by atomic mass is 32.2. The first-order valence-electron chi connectivity index (χ1n) is 15.3. The maximum atomic E-state index is 14.2. The molecule has 248 valence electrons. The summed E-state index contributed by atoms with van der Waals surface area (Å²) in [4.78, 5) is 59.9. The van der Waals surface area contributed by atoms with Crippen LogP contribution in [-0.4, -0.2) is 91.2 Å². The minimum absolute atomic E-state index is 0.00527. The topological polar surface area (TPSA) is 173 Å². The molecule has 2 saturated carbocycles. The van der Waals surface area contributed by atoms with Gasteiger partial charge in [0.05, 0.1) is 11.8 Å². The Bertz CT molecular complexity index is 1650. The van der Waals surface area contributed by atoms with Gasteiger partial charge in [-0.1, -0.05) is 45.0 Å². The van der Waals surface area contributed by atoms with Crippen LogP contribution in [0.3, 0.4) is 0 Å². The summed E-state index contributed by atoms with van der Waals surface area (Å²) in [6.45, 7) is 8.86. The molecule has 13 nitrogen and oxygen atoms in total. The third-order valence-corrected chi connectivity index (χ3v) is 10.5. The molecule has 2 heterocycles. The monoisotopic (exact) mass is 655 g/mol. The van der Waals surface area contributed by atoms with Crippen LogP contribution in [0.2, 0.25) is 0 Å². The van der Waals surface area contributed by atoms with Crippen LogP contribution in [0.25, 0.3) is 10.8 Å². The number of methoxy groups -OCH3 is 1. The molecule has 5 unspecified atom stereocenters. The maximum Gasteiger partial charge on any atom is 0.259 e. The largest absolute Gasteiger partial charge is 0.472 e. The van der Waals surface area contributed by atoms with E-state index in [2.05, 4.69) is 26.9 Å². The summed E-state index contributed by atoms with van der Waals surface area (Å²) in [5.74, 6) is -2.65. The van der Waals surface area contributed by atoms with Gasteiger partial charge in [-0.05, 0) is 42.2 Å². The molecule has 1 aliphatic heterocycles. The van der Waals surface area contributed by atoms with Gasteiger partial charge < -0.3 is 25.0 Å². The number of fused-ring (bicyclic) bond motifs is 1. The van der Waals surface area contributed by atoms with Crippen molar-refractivity contribution >= 4 is 44.4 Å². The SMILES string of the molecule is C=CC1CC1(NC(=O)C1CC(Oc2nccc3ccccc23)CN1C(=O)C(NC(=O)COC)C(C)(C)C)C(=O)NS(=O)(=O)C1CC1. The summed E-state index contributed by atoms with van der Waals surface area (Å²) in [5, 5.41) is 6.54. The van der Waals surface area contributed by atoms with E-state index in [1.54, 1.807) is 27.0 Å². The Morgan fingerprint density at radius 3 is 2.52 bits per heavy atom. The van der Waals surface area contributed by atoms with Crippen molar-refractivity contribution in [2.24, 2.45) is 11.3 Å². The Labute approximate surface area is 268 Å². The number of amides is 4. The Morgan fingerprint density at radius 2 is 1.89 bits per heavy atom. The molecule has 4 amide bonds. The van der Waals surface area contributed by atoms with E-state index in [1.807, 2.05) is 30.3 Å². The first kappa shape index (κ1) is 33.3. The number of hydrogen-bond donors (Lipinski definition) is 3. The van der Waals surface area contributed by atoms with Crippen molar-refractivity contribution in [3.8, 4) is 5.88 Å². The second kappa shape index (κ2) is 12.6. The number of ether oxygens (including phenoxy) is 2. The maximum absolute atomic E-state index is 14.2. The molecule has 1 aromatic carbocycles. The van der Waals surface area contributed by atoms with E-state index in [4.69, 9.17) is 9.47 Å². The molecule has 5 atom stereocenters. The van der Waals surface area contributed by atoms with Crippen molar-refractivity contribution in [1.82, 2.24) is 25.2 Å². The molecule has 3 fully saturated rings. The molecule has 5 rings (SSSR count). The predicted molar refractivity (Wildman–Crippen MR) is 169 cm³/mol. The van der Waals surface area contributed by atoms with Crippen LogP contribution in [0.15, 0.2) is 49.2 Å². The quantitative estimate of drug-likeness (QED) is 0.286. The molecule has 3 aliphatic rings. The van der Waals surface area contributed by atoms with Crippen LogP contribution in [0.4, 0.5) is 0 Å². The van der Waals surface area contributed by atoms with Gasteiger partial charge in [-0.2, -0.15) is 0 Å². The zero-order chi connectivity index (χ0) is 33.4. The van der Waals surface area contributed by atoms with Crippen molar-refractivity contribution in [3.63, 3.8) is 0 Å². The summed E-state index contributed by atoms with van der Waals surface area (Å²) < 4.78 is 38.5. The number of carbonyl (C=O) groups excluding carboxylic acids is 4. The van der Waals surface area contributed by atoms with Crippen molar-refractivity contribution in [3.05, 3.63) is 49.2 Å². The van der Waals surface area contributed by atoms with Crippen LogP contribution in [0, 0.1) is 11.3 Å². The lowest BCUT2D eigenvalue weighted by Crippen LogP contribution is -2.60. The van der Waals surface area contributed by atoms with Gasteiger partial charge in [0, 0.05) is 31.0 Å². The van der Waals surface area contributed by atoms with Crippen molar-refractivity contribution < 1.29 is 37.1 Å². The lowest BCUT2D eigenvalue weighted by molar-refractivity contribution is -0.145. The lowest BCUT2D eigenvalue weighted by Gasteiger charge is -2.35. The zero-order valence-electron chi connectivity index (χ0n) is 26.4. The summed E-state index contributed by atoms with van der Waals surface area (Å²) in [6, 6.07) is 7.24. The fourth-order valence-corrected chi connectivity index (χ4v) is 7.25. The number of nitrogens with zero attached hydrogens (tertiary/aromatic N) is 2. The second-order valence-electron chi connectivity index (χ2n) is 13.3. The lowest BCUT2D eigenvalue weighted by atomic mass is 9.85. The van der Waals surface area contributed by atoms with Gasteiger partial charge in [0.25, 0.3) is 5.91 Å². The van der Waals surface area contributed by atoms with Gasteiger partial charge in [-0.25, -0.2) is 13.4 Å². The molecule has 0 spiro atoms. The highest BCUT2D eigenvalue weighted by molar-refractivity contribution is 7.91. The standard InChI is InChI=1S/C32H41N5O8S/c1-6-20-16-32(20,30(41)36-46(42,43)22-11-12-22)35-27(39)24-15-21(45-28-23-10-8-7-9-19(23)13-14-33-28)17-37(24)29(40)26(31(2,3)4)34-25(38)18-44-5/h6-10,13-14,20-22,24,26H,1,11-12,15-18H2,2-5H3,(H,34,38)(H,35,39)(H,36,41). The number of likely N-dealkylation sites (tertiary alicyclic amines) is 1. The van der Waals surface area contributed by atoms with Gasteiger partial charge in [0.1, 0.15) is 30.3 Å². The fourth-order valence-electron chi connectivity index (χ4n) is 5.89. The van der Waals surface area contributed by atoms with Crippen LogP contribution < -0.4 is 20.1 Å². The number of benzene rings is 1. The number of carbonyl (C=O) groups is 4. The highest BCUT2D eigenvalue weighted by Gasteiger charge is 2.62. The molecule has 0 radical (unpaired) electrons. The van der Waals surface area contributed by atoms with Crippen LogP contribution in [0.5, 0.6) is 5.88 Å². The second-order valence-corrected chi connectivity index (χ2v) is 15.3. The average Bonchev–Trinajstić information content (AvgIpc) is 3.92. The van der Waals surface area contributed by atoms with Gasteiger partial charge in [-0.15, -0.1) is 6.58 Å². The van der Waals surface area contributed by atoms with Gasteiger partial charge in [0.2, 0.25) is 33.6 Å². The van der Waals surface area contributed by atoms with E-state index in [9.17, 15) is 27.6 Å². The molecule has 3 N–H and O–H groups in total. The van der Waals surface area contributed by atoms with Gasteiger partial charge >= 0.3 is 0 Å². The highest BCUT2D eigenvalue weighted by Crippen LogP contribution is 2.45. The molecular weight excluding hydrogens is 614 g/mol. The van der Waals surface area contributed by atoms with Crippen molar-refractivity contribution in [2.75, 3.05) is 20.3 Å². The first-order valence-corrected chi connectivity index (χ1v) is 16.8. The summed E-state index contributed by atoms with van der Waals surface area (Å²) in [6.07, 6.45) is 3.60. The number of aromatic nitrogens is 1. The Kier molecular flexibility index (Phi) is 9.15. The third-order valence-electron chi connectivity index (χ3n) is 8.71. The van der Waals surface area contributed by atoms with Crippen LogP contribution in [-0.2, 0) is 33.9 Å². The normalized spacial score (nSPS) is 25.0. The van der Waals surface area contributed by atoms with Gasteiger partial charge in [0.15, 0.2) is 0 Å². The number of sulfonamides is 1. The van der Waals surface area contributed by atoms with E-state index < -0.39 is 74.0 Å². The Balaban J connectivity index is 1.43. The van der Waals surface area contributed by atoms with E-state index in [0.29, 0.717) is 18.7 Å². The molecule has 14 heteroatoms. The van der Waals surface area contributed by atoms with E-state index in [1.165, 1.54) is 18.1 Å². The molecule has 1 saturated heterocycles. The Morgan fingerprint density at radius 1 is 1.17 bits per heavy atom. The number of pyridine rings is 1. The predicted octanol–water partition coefficient (Wildman–Crippen LogP) is 1.43. The summed E-state index contributed by atoms with van der Waals surface area (Å²) >= 11 is 0. The third kappa shape index (κ3) is 6.87. The van der Waals surface area contributed by atoms with Crippen molar-refractivity contribution in [2.45, 2.75) is 75.4 Å². The molecule has 46 heavy (non-hydrogen) atoms. The van der Waals surface area contributed by atoms with E-state index in [0.717, 1.165) is 10.8 Å². The number of nitrogens with one attached hydrogen (secondary N) is 3. The Hall–Kier alpha value is -4.04. The van der Waals surface area contributed by atoms with Crippen LogP contribution >= 0.6 is 0 Å².